The number of phenolic OH excluding ortho intramolecular Hbond substituents is 1. The number of hydrogen-bond donors (Lipinski definition) is 1. The van der Waals surface area contributed by atoms with E-state index < -0.39 is 0 Å². The molecule has 1 aromatic carbocycles. The predicted molar refractivity (Wildman–Crippen MR) is 44.6 cm³/mol. The van der Waals surface area contributed by atoms with Crippen molar-refractivity contribution >= 4 is 10.9 Å². The van der Waals surface area contributed by atoms with Gasteiger partial charge in [-0.2, -0.15) is 0 Å². The Bertz CT molecular complexity index is 433. The molecule has 1 N–H and O–H groups in total. The van der Waals surface area contributed by atoms with Gasteiger partial charge in [-0.15, -0.1) is 0 Å². The van der Waals surface area contributed by atoms with E-state index in [-0.39, 0.29) is 5.75 Å². The van der Waals surface area contributed by atoms with Crippen molar-refractivity contribution in [1.29, 1.82) is 0 Å². The minimum atomic E-state index is 0.179. The van der Waals surface area contributed by atoms with E-state index in [1.165, 1.54) is 0 Å². The predicted octanol–water partition coefficient (Wildman–Crippen LogP) is 1.88. The van der Waals surface area contributed by atoms with E-state index in [4.69, 9.17) is 1.37 Å². The van der Waals surface area contributed by atoms with Crippen molar-refractivity contribution in [3.63, 3.8) is 0 Å². The molecule has 0 saturated carbocycles. The number of nitrogens with zero attached hydrogens (tertiary/aromatic N) is 1. The van der Waals surface area contributed by atoms with Gasteiger partial charge < -0.3 is 9.67 Å². The van der Waals surface area contributed by atoms with Gasteiger partial charge in [-0.1, -0.05) is 6.07 Å². The summed E-state index contributed by atoms with van der Waals surface area (Å²) in [5.74, 6) is 0.179. The third-order valence-electron chi connectivity index (χ3n) is 1.80. The number of aryl methyl sites for hydroxylation is 1. The third-order valence-corrected chi connectivity index (χ3v) is 1.80. The highest BCUT2D eigenvalue weighted by Crippen LogP contribution is 2.23. The van der Waals surface area contributed by atoms with Crippen LogP contribution in [0.25, 0.3) is 10.9 Å². The summed E-state index contributed by atoms with van der Waals surface area (Å²) in [5.41, 5.74) is 0.889. The lowest BCUT2D eigenvalue weighted by Crippen LogP contribution is -1.81. The molecule has 0 fully saturated rings. The van der Waals surface area contributed by atoms with Crippen LogP contribution in [0.1, 0.15) is 1.37 Å². The number of hydrogen-bond acceptors (Lipinski definition) is 1. The average molecular weight is 149 g/mol. The van der Waals surface area contributed by atoms with Gasteiger partial charge in [0.05, 0.1) is 6.89 Å². The Morgan fingerprint density at radius 1 is 1.55 bits per heavy atom. The van der Waals surface area contributed by atoms with Gasteiger partial charge in [0.25, 0.3) is 0 Å². The third kappa shape index (κ3) is 0.792. The fourth-order valence-corrected chi connectivity index (χ4v) is 1.20. The lowest BCUT2D eigenvalue weighted by molar-refractivity contribution is 0.481. The number of benzene rings is 1. The van der Waals surface area contributed by atoms with Crippen molar-refractivity contribution in [2.24, 2.45) is 7.05 Å². The van der Waals surface area contributed by atoms with Gasteiger partial charge in [0.1, 0.15) is 5.75 Å². The second kappa shape index (κ2) is 2.02. The summed E-state index contributed by atoms with van der Waals surface area (Å²) >= 11 is 0. The van der Waals surface area contributed by atoms with Crippen molar-refractivity contribution < 1.29 is 6.48 Å². The van der Waals surface area contributed by atoms with Crippen molar-refractivity contribution in [2.45, 2.75) is 0 Å². The van der Waals surface area contributed by atoms with Crippen LogP contribution in [0, 0.1) is 0 Å². The smallest absolute Gasteiger partial charge is 0.124 e. The van der Waals surface area contributed by atoms with Crippen LogP contribution in [0.4, 0.5) is 0 Å². The number of rotatable bonds is 0. The number of aromatic hydroxyl groups is 1. The van der Waals surface area contributed by atoms with Crippen LogP contribution >= 0.6 is 0 Å². The quantitative estimate of drug-likeness (QED) is 0.608. The number of phenols is 1. The van der Waals surface area contributed by atoms with Crippen molar-refractivity contribution in [3.05, 3.63) is 30.4 Å². The second-order valence-corrected chi connectivity index (χ2v) is 2.56. The van der Waals surface area contributed by atoms with Gasteiger partial charge in [0.2, 0.25) is 0 Å². The molecule has 0 aliphatic carbocycles. The zero-order valence-electron chi connectivity index (χ0n) is 7.20. The highest BCUT2D eigenvalue weighted by Gasteiger charge is 1.99. The summed E-state index contributed by atoms with van der Waals surface area (Å²) in [6, 6.07) is 5.62. The molecule has 0 aliphatic heterocycles. The van der Waals surface area contributed by atoms with Crippen molar-refractivity contribution in [1.82, 2.24) is 4.57 Å². The molecule has 1 heterocycles. The van der Waals surface area contributed by atoms with Gasteiger partial charge in [-0.3, -0.25) is 0 Å². The molecule has 0 bridgehead atoms. The molecule has 11 heavy (non-hydrogen) atoms. The molecule has 0 unspecified atom stereocenters. The molecule has 0 aliphatic rings. The van der Waals surface area contributed by atoms with Crippen LogP contribution in [0.2, 0.25) is 0 Å². The van der Waals surface area contributed by atoms with Gasteiger partial charge in [0, 0.05) is 18.6 Å². The van der Waals surface area contributed by atoms with E-state index >= 15 is 0 Å². The van der Waals surface area contributed by atoms with Gasteiger partial charge in [0.15, 0.2) is 0 Å². The molecular weight excluding hydrogens is 138 g/mol. The van der Waals surface area contributed by atoms with Crippen molar-refractivity contribution in [2.75, 3.05) is 0 Å². The Morgan fingerprint density at radius 3 is 3.09 bits per heavy atom. The first-order valence-electron chi connectivity index (χ1n) is 3.94. The first-order chi connectivity index (χ1) is 5.70. The van der Waals surface area contributed by atoms with Crippen LogP contribution in [-0.2, 0) is 7.05 Å². The number of aromatic nitrogens is 1. The van der Waals surface area contributed by atoms with Gasteiger partial charge >= 0.3 is 0 Å². The SMILES string of the molecule is [3H]c1cn(C)c2cccc(O)c12. The molecule has 2 rings (SSSR count). The fraction of sp³-hybridized carbons (Fsp3) is 0.111. The fourth-order valence-electron chi connectivity index (χ4n) is 1.20. The topological polar surface area (TPSA) is 25.2 Å². The first-order valence-corrected chi connectivity index (χ1v) is 3.44. The Kier molecular flexibility index (Phi) is 0.963. The van der Waals surface area contributed by atoms with E-state index in [9.17, 15) is 5.11 Å². The maximum absolute atomic E-state index is 9.43. The largest absolute Gasteiger partial charge is 0.507 e. The summed E-state index contributed by atoms with van der Waals surface area (Å²) in [6.07, 6.45) is 1.68. The molecule has 2 aromatic rings. The molecule has 1 aromatic heterocycles. The molecule has 56 valence electrons. The van der Waals surface area contributed by atoms with Crippen LogP contribution in [0.15, 0.2) is 30.4 Å². The van der Waals surface area contributed by atoms with E-state index in [1.807, 2.05) is 17.7 Å². The summed E-state index contributed by atoms with van der Waals surface area (Å²) in [5, 5.41) is 10.1. The lowest BCUT2D eigenvalue weighted by Gasteiger charge is -1.96. The van der Waals surface area contributed by atoms with E-state index in [0.29, 0.717) is 11.4 Å². The Morgan fingerprint density at radius 2 is 2.36 bits per heavy atom. The van der Waals surface area contributed by atoms with Gasteiger partial charge in [-0.25, -0.2) is 0 Å². The molecule has 2 nitrogen and oxygen atoms in total. The highest BCUT2D eigenvalue weighted by atomic mass is 16.3. The molecule has 0 amide bonds. The summed E-state index contributed by atoms with van der Waals surface area (Å²) in [4.78, 5) is 0. The average Bonchev–Trinajstić information content (AvgIpc) is 2.29. The summed E-state index contributed by atoms with van der Waals surface area (Å²) in [7, 11) is 1.86. The second-order valence-electron chi connectivity index (χ2n) is 2.56. The van der Waals surface area contributed by atoms with Crippen LogP contribution < -0.4 is 0 Å². The van der Waals surface area contributed by atoms with Crippen LogP contribution in [0.5, 0.6) is 5.75 Å². The normalized spacial score (nSPS) is 11.9. The zero-order valence-corrected chi connectivity index (χ0v) is 6.20. The Balaban J connectivity index is 2.99. The van der Waals surface area contributed by atoms with E-state index in [2.05, 4.69) is 0 Å². The maximum Gasteiger partial charge on any atom is 0.124 e. The minimum Gasteiger partial charge on any atom is -0.507 e. The van der Waals surface area contributed by atoms with Crippen molar-refractivity contribution in [3.8, 4) is 5.75 Å². The molecule has 0 saturated heterocycles. The Hall–Kier alpha value is -1.44. The summed E-state index contributed by atoms with van der Waals surface area (Å²) < 4.78 is 9.38. The van der Waals surface area contributed by atoms with E-state index in [0.717, 1.165) is 5.52 Å². The summed E-state index contributed by atoms with van der Waals surface area (Å²) in [6.45, 7) is 0. The monoisotopic (exact) mass is 149 g/mol. The first kappa shape index (κ1) is 5.24. The maximum atomic E-state index is 9.43. The molecule has 0 radical (unpaired) electrons. The molecule has 2 heteroatoms. The standard InChI is InChI=1S/C9H9NO/c1-10-6-5-7-8(10)3-2-4-9(7)11/h2-6,11H,1H3/i5T. The van der Waals surface area contributed by atoms with Crippen LogP contribution in [-0.4, -0.2) is 9.67 Å². The molecule has 0 atom stereocenters. The lowest BCUT2D eigenvalue weighted by atomic mass is 10.2. The number of fused-ring (bicyclic) bond motifs is 1. The zero-order chi connectivity index (χ0) is 8.72. The minimum absolute atomic E-state index is 0.179. The molecule has 0 spiro atoms. The molecular formula is C9H9NO. The van der Waals surface area contributed by atoms with Gasteiger partial charge in [-0.05, 0) is 18.2 Å². The van der Waals surface area contributed by atoms with Crippen LogP contribution in [0.3, 0.4) is 0 Å². The highest BCUT2D eigenvalue weighted by molar-refractivity contribution is 5.85. The Labute approximate surface area is 66.1 Å². The van der Waals surface area contributed by atoms with E-state index in [1.54, 1.807) is 18.3 Å².